The maximum Gasteiger partial charge on any atom is 0.573 e. The Morgan fingerprint density at radius 2 is 1.90 bits per heavy atom. The van der Waals surface area contributed by atoms with Crippen molar-refractivity contribution in [1.29, 1.82) is 0 Å². The molecule has 1 aromatic rings. The summed E-state index contributed by atoms with van der Waals surface area (Å²) in [6.45, 7) is 0.409. The van der Waals surface area contributed by atoms with Crippen LogP contribution in [-0.4, -0.2) is 24.1 Å². The zero-order chi connectivity index (χ0) is 15.3. The van der Waals surface area contributed by atoms with Crippen molar-refractivity contribution in [3.8, 4) is 5.75 Å². The molecule has 1 aliphatic carbocycles. The van der Waals surface area contributed by atoms with Crippen LogP contribution in [0.25, 0.3) is 0 Å². The van der Waals surface area contributed by atoms with Gasteiger partial charge in [-0.15, -0.1) is 13.2 Å². The highest BCUT2D eigenvalue weighted by Crippen LogP contribution is 2.28. The molecule has 0 heterocycles. The average Bonchev–Trinajstić information content (AvgIpc) is 2.45. The normalized spacial score (nSPS) is 23.0. The number of benzene rings is 1. The first-order valence-corrected chi connectivity index (χ1v) is 7.17. The van der Waals surface area contributed by atoms with Gasteiger partial charge in [0.1, 0.15) is 5.75 Å². The number of hydrogen-bond acceptors (Lipinski definition) is 3. The maximum atomic E-state index is 12.4. The molecular formula is C15H20F3NO2. The fourth-order valence-electron chi connectivity index (χ4n) is 2.81. The van der Waals surface area contributed by atoms with Crippen molar-refractivity contribution in [2.75, 3.05) is 6.61 Å². The number of para-hydroxylation sites is 1. The standard InChI is InChI=1S/C15H20F3NO2/c16-15(17,18)21-14-8-4-2-5-11(14)9-19-13-7-3-1-6-12(13)10-20/h2,4-5,8,12-13,19-20H,1,3,6-7,9-10H2. The topological polar surface area (TPSA) is 41.5 Å². The summed E-state index contributed by atoms with van der Waals surface area (Å²) in [5, 5.41) is 12.6. The van der Waals surface area contributed by atoms with Gasteiger partial charge in [0.05, 0.1) is 0 Å². The molecule has 118 valence electrons. The molecule has 1 aliphatic rings. The van der Waals surface area contributed by atoms with Crippen LogP contribution in [0.4, 0.5) is 13.2 Å². The van der Waals surface area contributed by atoms with Gasteiger partial charge in [-0.25, -0.2) is 0 Å². The Bertz CT molecular complexity index is 451. The van der Waals surface area contributed by atoms with Gasteiger partial charge in [0.2, 0.25) is 0 Å². The Kier molecular flexibility index (Phi) is 5.47. The van der Waals surface area contributed by atoms with Gasteiger partial charge in [-0.2, -0.15) is 0 Å². The number of alkyl halides is 3. The number of halogens is 3. The van der Waals surface area contributed by atoms with Gasteiger partial charge in [-0.3, -0.25) is 0 Å². The molecular weight excluding hydrogens is 283 g/mol. The molecule has 2 N–H and O–H groups in total. The highest BCUT2D eigenvalue weighted by Gasteiger charge is 2.32. The molecule has 0 radical (unpaired) electrons. The van der Waals surface area contributed by atoms with Crippen molar-refractivity contribution in [3.63, 3.8) is 0 Å². The van der Waals surface area contributed by atoms with E-state index in [-0.39, 0.29) is 24.3 Å². The number of aliphatic hydroxyl groups excluding tert-OH is 1. The van der Waals surface area contributed by atoms with Crippen molar-refractivity contribution in [2.24, 2.45) is 5.92 Å². The Morgan fingerprint density at radius 1 is 1.19 bits per heavy atom. The van der Waals surface area contributed by atoms with Gasteiger partial charge < -0.3 is 15.2 Å². The average molecular weight is 303 g/mol. The molecule has 21 heavy (non-hydrogen) atoms. The van der Waals surface area contributed by atoms with E-state index in [4.69, 9.17) is 0 Å². The number of hydrogen-bond donors (Lipinski definition) is 2. The van der Waals surface area contributed by atoms with E-state index in [1.807, 2.05) is 0 Å². The summed E-state index contributed by atoms with van der Waals surface area (Å²) in [6, 6.07) is 6.27. The van der Waals surface area contributed by atoms with Crippen LogP contribution < -0.4 is 10.1 Å². The number of rotatable bonds is 5. The lowest BCUT2D eigenvalue weighted by molar-refractivity contribution is -0.274. The molecule has 0 bridgehead atoms. The third kappa shape index (κ3) is 4.89. The van der Waals surface area contributed by atoms with E-state index in [0.717, 1.165) is 25.7 Å². The summed E-state index contributed by atoms with van der Waals surface area (Å²) >= 11 is 0. The van der Waals surface area contributed by atoms with E-state index in [9.17, 15) is 18.3 Å². The van der Waals surface area contributed by atoms with Crippen LogP contribution in [0.5, 0.6) is 5.75 Å². The van der Waals surface area contributed by atoms with Crippen LogP contribution in [0, 0.1) is 5.92 Å². The van der Waals surface area contributed by atoms with E-state index in [2.05, 4.69) is 10.1 Å². The van der Waals surface area contributed by atoms with E-state index in [1.54, 1.807) is 12.1 Å². The molecule has 2 rings (SSSR count). The van der Waals surface area contributed by atoms with Crippen LogP contribution in [0.3, 0.4) is 0 Å². The van der Waals surface area contributed by atoms with E-state index in [0.29, 0.717) is 12.1 Å². The van der Waals surface area contributed by atoms with E-state index >= 15 is 0 Å². The maximum absolute atomic E-state index is 12.4. The smallest absolute Gasteiger partial charge is 0.405 e. The first-order valence-electron chi connectivity index (χ1n) is 7.17. The Labute approximate surface area is 122 Å². The third-order valence-corrected chi connectivity index (χ3v) is 3.90. The van der Waals surface area contributed by atoms with E-state index in [1.165, 1.54) is 12.1 Å². The molecule has 0 spiro atoms. The molecule has 1 fully saturated rings. The first kappa shape index (κ1) is 16.1. The second-order valence-electron chi connectivity index (χ2n) is 5.37. The molecule has 1 saturated carbocycles. The first-order chi connectivity index (χ1) is 9.99. The second kappa shape index (κ2) is 7.13. The molecule has 0 aliphatic heterocycles. The minimum atomic E-state index is -4.69. The summed E-state index contributed by atoms with van der Waals surface area (Å²) < 4.78 is 41.1. The fraction of sp³-hybridized carbons (Fsp3) is 0.600. The molecule has 0 amide bonds. The predicted octanol–water partition coefficient (Wildman–Crippen LogP) is 3.23. The second-order valence-corrected chi connectivity index (χ2v) is 5.37. The number of aliphatic hydroxyl groups is 1. The lowest BCUT2D eigenvalue weighted by atomic mass is 9.85. The quantitative estimate of drug-likeness (QED) is 0.877. The number of ether oxygens (including phenoxy) is 1. The van der Waals surface area contributed by atoms with Gasteiger partial charge in [-0.05, 0) is 24.8 Å². The predicted molar refractivity (Wildman–Crippen MR) is 72.8 cm³/mol. The number of nitrogens with one attached hydrogen (secondary N) is 1. The van der Waals surface area contributed by atoms with Crippen molar-refractivity contribution in [2.45, 2.75) is 44.6 Å². The van der Waals surface area contributed by atoms with Crippen molar-refractivity contribution >= 4 is 0 Å². The highest BCUT2D eigenvalue weighted by molar-refractivity contribution is 5.33. The van der Waals surface area contributed by atoms with Crippen LogP contribution in [0.2, 0.25) is 0 Å². The zero-order valence-electron chi connectivity index (χ0n) is 11.7. The minimum Gasteiger partial charge on any atom is -0.405 e. The lowest BCUT2D eigenvalue weighted by Gasteiger charge is -2.31. The van der Waals surface area contributed by atoms with Crippen LogP contribution in [-0.2, 0) is 6.54 Å². The van der Waals surface area contributed by atoms with E-state index < -0.39 is 6.36 Å². The Balaban J connectivity index is 1.99. The monoisotopic (exact) mass is 303 g/mol. The minimum absolute atomic E-state index is 0.109. The van der Waals surface area contributed by atoms with Gasteiger partial charge in [0.15, 0.2) is 0 Å². The van der Waals surface area contributed by atoms with Crippen molar-refractivity contribution in [3.05, 3.63) is 29.8 Å². The van der Waals surface area contributed by atoms with Gasteiger partial charge in [-0.1, -0.05) is 31.0 Å². The van der Waals surface area contributed by atoms with Gasteiger partial charge in [0, 0.05) is 24.8 Å². The van der Waals surface area contributed by atoms with Gasteiger partial charge in [0.25, 0.3) is 0 Å². The van der Waals surface area contributed by atoms with Crippen molar-refractivity contribution < 1.29 is 23.0 Å². The summed E-state index contributed by atoms with van der Waals surface area (Å²) in [5.41, 5.74) is 0.470. The zero-order valence-corrected chi connectivity index (χ0v) is 11.7. The van der Waals surface area contributed by atoms with Gasteiger partial charge >= 0.3 is 6.36 Å². The SMILES string of the molecule is OCC1CCCCC1NCc1ccccc1OC(F)(F)F. The molecule has 0 aromatic heterocycles. The summed E-state index contributed by atoms with van der Waals surface area (Å²) in [4.78, 5) is 0. The van der Waals surface area contributed by atoms with Crippen LogP contribution in [0.1, 0.15) is 31.2 Å². The largest absolute Gasteiger partial charge is 0.573 e. The summed E-state index contributed by atoms with van der Waals surface area (Å²) in [7, 11) is 0. The lowest BCUT2D eigenvalue weighted by Crippen LogP contribution is -2.39. The Hall–Kier alpha value is -1.27. The fourth-order valence-corrected chi connectivity index (χ4v) is 2.81. The molecule has 3 nitrogen and oxygen atoms in total. The molecule has 2 atom stereocenters. The molecule has 0 saturated heterocycles. The molecule has 2 unspecified atom stereocenters. The molecule has 6 heteroatoms. The molecule has 1 aromatic carbocycles. The van der Waals surface area contributed by atoms with Crippen LogP contribution in [0.15, 0.2) is 24.3 Å². The summed E-state index contributed by atoms with van der Waals surface area (Å²) in [5.74, 6) is 0.00306. The highest BCUT2D eigenvalue weighted by atomic mass is 19.4. The Morgan fingerprint density at radius 3 is 2.62 bits per heavy atom. The third-order valence-electron chi connectivity index (χ3n) is 3.90. The van der Waals surface area contributed by atoms with Crippen LogP contribution >= 0.6 is 0 Å². The van der Waals surface area contributed by atoms with Crippen molar-refractivity contribution in [1.82, 2.24) is 5.32 Å². The summed E-state index contributed by atoms with van der Waals surface area (Å²) in [6.07, 6.45) is -0.622.